The molecule has 6 heteroatoms. The molecule has 2 N–H and O–H groups in total. The van der Waals surface area contributed by atoms with Gasteiger partial charge in [0.05, 0.1) is 12.0 Å². The van der Waals surface area contributed by atoms with Gasteiger partial charge in [-0.3, -0.25) is 4.79 Å². The summed E-state index contributed by atoms with van der Waals surface area (Å²) in [5.41, 5.74) is 3.51. The van der Waals surface area contributed by atoms with Crippen molar-refractivity contribution in [2.75, 3.05) is 10.6 Å². The van der Waals surface area contributed by atoms with E-state index < -0.39 is 6.43 Å². The van der Waals surface area contributed by atoms with Crippen molar-refractivity contribution in [1.29, 1.82) is 0 Å². The lowest BCUT2D eigenvalue weighted by molar-refractivity contribution is -0.115. The molecule has 2 aromatic rings. The van der Waals surface area contributed by atoms with Gasteiger partial charge in [-0.05, 0) is 42.3 Å². The van der Waals surface area contributed by atoms with E-state index in [1.165, 1.54) is 6.07 Å². The number of alkyl halides is 2. The van der Waals surface area contributed by atoms with E-state index in [9.17, 15) is 13.6 Å². The summed E-state index contributed by atoms with van der Waals surface area (Å²) in [5, 5.41) is 5.91. The minimum absolute atomic E-state index is 0.0541. The molecule has 0 atom stereocenters. The van der Waals surface area contributed by atoms with E-state index in [0.29, 0.717) is 17.7 Å². The highest BCUT2D eigenvalue weighted by Crippen LogP contribution is 2.32. The molecule has 0 unspecified atom stereocenters. The summed E-state index contributed by atoms with van der Waals surface area (Å²) in [6.45, 7) is 5.79. The highest BCUT2D eigenvalue weighted by Gasteiger charge is 2.20. The Kier molecular flexibility index (Phi) is 4.90. The summed E-state index contributed by atoms with van der Waals surface area (Å²) < 4.78 is 26.1. The Morgan fingerprint density at radius 3 is 2.73 bits per heavy atom. The number of hydrogen-bond donors (Lipinski definition) is 2. The number of aryl methyl sites for hydroxylation is 1. The van der Waals surface area contributed by atoms with Crippen LogP contribution in [0.2, 0.25) is 0 Å². The van der Waals surface area contributed by atoms with Gasteiger partial charge in [-0.25, -0.2) is 13.8 Å². The lowest BCUT2D eigenvalue weighted by atomic mass is 10.1. The third-order valence-electron chi connectivity index (χ3n) is 3.93. The van der Waals surface area contributed by atoms with E-state index in [4.69, 9.17) is 0 Å². The number of hydrogen-bond acceptors (Lipinski definition) is 3. The fraction of sp³-hybridized carbons (Fsp3) is 0.300. The van der Waals surface area contributed by atoms with Crippen LogP contribution in [0.15, 0.2) is 24.3 Å². The molecule has 0 saturated heterocycles. The van der Waals surface area contributed by atoms with Crippen molar-refractivity contribution in [2.45, 2.75) is 33.6 Å². The quantitative estimate of drug-likeness (QED) is 0.793. The molecule has 0 aliphatic carbocycles. The van der Waals surface area contributed by atoms with E-state index in [1.807, 2.05) is 32.9 Å². The van der Waals surface area contributed by atoms with E-state index in [0.717, 1.165) is 16.8 Å². The number of halogens is 2. The van der Waals surface area contributed by atoms with Crippen LogP contribution in [0.4, 0.5) is 26.0 Å². The molecule has 1 aromatic heterocycles. The molecule has 3 rings (SSSR count). The van der Waals surface area contributed by atoms with Gasteiger partial charge in [0.2, 0.25) is 5.91 Å². The minimum atomic E-state index is -2.66. The number of amides is 1. The zero-order valence-electron chi connectivity index (χ0n) is 14.8. The van der Waals surface area contributed by atoms with Gasteiger partial charge in [0.15, 0.2) is 0 Å². The summed E-state index contributed by atoms with van der Waals surface area (Å²) in [5.74, 6) is 6.39. The highest BCUT2D eigenvalue weighted by molar-refractivity contribution is 6.00. The number of carbonyl (C=O) groups excluding carboxylic acids is 1. The number of carbonyl (C=O) groups is 1. The Morgan fingerprint density at radius 1 is 1.27 bits per heavy atom. The topological polar surface area (TPSA) is 54.0 Å². The van der Waals surface area contributed by atoms with Gasteiger partial charge >= 0.3 is 0 Å². The summed E-state index contributed by atoms with van der Waals surface area (Å²) >= 11 is 0. The fourth-order valence-electron chi connectivity index (χ4n) is 2.76. The Hall–Kier alpha value is -2.94. The maximum atomic E-state index is 13.0. The largest absolute Gasteiger partial charge is 0.339 e. The zero-order valence-corrected chi connectivity index (χ0v) is 14.8. The molecule has 4 nitrogen and oxygen atoms in total. The van der Waals surface area contributed by atoms with Crippen LogP contribution < -0.4 is 10.6 Å². The minimum Gasteiger partial charge on any atom is -0.339 e. The summed E-state index contributed by atoms with van der Waals surface area (Å²) in [7, 11) is 0. The van der Waals surface area contributed by atoms with Crippen LogP contribution in [0.3, 0.4) is 0 Å². The number of benzene rings is 1. The number of aromatic nitrogens is 1. The van der Waals surface area contributed by atoms with Crippen molar-refractivity contribution in [2.24, 2.45) is 5.92 Å². The van der Waals surface area contributed by atoms with Gasteiger partial charge in [-0.1, -0.05) is 25.7 Å². The second-order valence-corrected chi connectivity index (χ2v) is 6.53. The maximum absolute atomic E-state index is 13.0. The van der Waals surface area contributed by atoms with Crippen LogP contribution in [-0.4, -0.2) is 10.9 Å². The first-order valence-electron chi connectivity index (χ1n) is 8.34. The molecule has 1 amide bonds. The van der Waals surface area contributed by atoms with E-state index in [2.05, 4.69) is 27.5 Å². The first-order chi connectivity index (χ1) is 12.3. The van der Waals surface area contributed by atoms with Crippen molar-refractivity contribution >= 4 is 23.1 Å². The van der Waals surface area contributed by atoms with Gasteiger partial charge in [-0.15, -0.1) is 0 Å². The summed E-state index contributed by atoms with van der Waals surface area (Å²) in [6, 6.07) is 6.52. The van der Waals surface area contributed by atoms with E-state index >= 15 is 0 Å². The molecule has 2 heterocycles. The monoisotopic (exact) mass is 355 g/mol. The summed E-state index contributed by atoms with van der Waals surface area (Å²) in [4.78, 5) is 15.6. The predicted molar refractivity (Wildman–Crippen MR) is 97.7 cm³/mol. The average Bonchev–Trinajstić information content (AvgIpc) is 2.94. The number of nitrogens with one attached hydrogen (secondary N) is 2. The average molecular weight is 355 g/mol. The third-order valence-corrected chi connectivity index (χ3v) is 3.93. The Labute approximate surface area is 151 Å². The van der Waals surface area contributed by atoms with Crippen LogP contribution >= 0.6 is 0 Å². The number of nitrogens with zero attached hydrogens (tertiary/aromatic N) is 1. The molecular formula is C20H19F2N3O. The van der Waals surface area contributed by atoms with Crippen LogP contribution in [0.5, 0.6) is 0 Å². The number of anilines is 3. The third kappa shape index (κ3) is 3.83. The van der Waals surface area contributed by atoms with Gasteiger partial charge in [0.1, 0.15) is 11.5 Å². The number of pyridine rings is 1. The van der Waals surface area contributed by atoms with E-state index in [1.54, 1.807) is 6.07 Å². The molecule has 0 spiro atoms. The highest BCUT2D eigenvalue weighted by atomic mass is 19.3. The molecule has 1 aliphatic rings. The molecule has 26 heavy (non-hydrogen) atoms. The molecule has 1 aliphatic heterocycles. The van der Waals surface area contributed by atoms with Crippen molar-refractivity contribution in [3.05, 3.63) is 46.6 Å². The van der Waals surface area contributed by atoms with Crippen LogP contribution in [-0.2, 0) is 11.2 Å². The SMILES string of the molecule is Cc1cc(Nc2nc(C(F)F)ccc2C#CC(C)C)cc2c1NC(=O)C2. The molecule has 0 fully saturated rings. The first kappa shape index (κ1) is 17.9. The molecular weight excluding hydrogens is 336 g/mol. The van der Waals surface area contributed by atoms with Crippen LogP contribution in [0.1, 0.15) is 42.7 Å². The Bertz CT molecular complexity index is 927. The molecule has 0 saturated carbocycles. The van der Waals surface area contributed by atoms with Crippen molar-refractivity contribution in [1.82, 2.24) is 4.98 Å². The standard InChI is InChI=1S/C20H19F2N3O/c1-11(2)4-5-13-6-7-16(19(21)22)24-20(13)23-15-8-12(3)18-14(9-15)10-17(26)25-18/h6-9,11,19H,10H2,1-3H3,(H,23,24)(H,25,26). The van der Waals surface area contributed by atoms with Crippen LogP contribution in [0, 0.1) is 24.7 Å². The molecule has 0 radical (unpaired) electrons. The predicted octanol–water partition coefficient (Wildman–Crippen LogP) is 4.57. The maximum Gasteiger partial charge on any atom is 0.280 e. The van der Waals surface area contributed by atoms with Gasteiger partial charge in [0, 0.05) is 17.3 Å². The van der Waals surface area contributed by atoms with Gasteiger partial charge in [-0.2, -0.15) is 0 Å². The number of fused-ring (bicyclic) bond motifs is 1. The van der Waals surface area contributed by atoms with Gasteiger partial charge in [0.25, 0.3) is 6.43 Å². The van der Waals surface area contributed by atoms with E-state index in [-0.39, 0.29) is 23.3 Å². The second kappa shape index (κ2) is 7.12. The second-order valence-electron chi connectivity index (χ2n) is 6.53. The summed E-state index contributed by atoms with van der Waals surface area (Å²) in [6.07, 6.45) is -2.36. The lowest BCUT2D eigenvalue weighted by Gasteiger charge is -2.12. The van der Waals surface area contributed by atoms with Crippen molar-refractivity contribution in [3.63, 3.8) is 0 Å². The first-order valence-corrected chi connectivity index (χ1v) is 8.34. The fourth-order valence-corrected chi connectivity index (χ4v) is 2.76. The van der Waals surface area contributed by atoms with Crippen molar-refractivity contribution < 1.29 is 13.6 Å². The smallest absolute Gasteiger partial charge is 0.280 e. The molecule has 134 valence electrons. The van der Waals surface area contributed by atoms with Gasteiger partial charge < -0.3 is 10.6 Å². The van der Waals surface area contributed by atoms with Crippen molar-refractivity contribution in [3.8, 4) is 11.8 Å². The zero-order chi connectivity index (χ0) is 18.8. The Morgan fingerprint density at radius 2 is 2.04 bits per heavy atom. The normalized spacial score (nSPS) is 12.7. The Balaban J connectivity index is 2.00. The molecule has 1 aromatic carbocycles. The number of rotatable bonds is 3. The van der Waals surface area contributed by atoms with Crippen LogP contribution in [0.25, 0.3) is 0 Å². The molecule has 0 bridgehead atoms. The lowest BCUT2D eigenvalue weighted by Crippen LogP contribution is -2.04.